The number of hydrogen-bond acceptors (Lipinski definition) is 4. The predicted molar refractivity (Wildman–Crippen MR) is 74.1 cm³/mol. The van der Waals surface area contributed by atoms with Crippen LogP contribution in [0, 0.1) is 11.6 Å². The molecule has 0 amide bonds. The Morgan fingerprint density at radius 2 is 2.10 bits per heavy atom. The maximum Gasteiger partial charge on any atom is 0.223 e. The number of rotatable bonds is 6. The summed E-state index contributed by atoms with van der Waals surface area (Å²) in [5.41, 5.74) is 0.752. The van der Waals surface area contributed by atoms with Crippen LogP contribution in [0.4, 0.5) is 8.78 Å². The summed E-state index contributed by atoms with van der Waals surface area (Å²) in [7, 11) is 0. The van der Waals surface area contributed by atoms with Crippen LogP contribution in [-0.2, 0) is 6.54 Å². The first-order valence-corrected chi connectivity index (χ1v) is 6.51. The highest BCUT2D eigenvalue weighted by Gasteiger charge is 2.09. The van der Waals surface area contributed by atoms with Crippen LogP contribution in [0.25, 0.3) is 0 Å². The Hall–Kier alpha value is -2.05. The summed E-state index contributed by atoms with van der Waals surface area (Å²) in [5, 5.41) is 12.1. The van der Waals surface area contributed by atoms with Crippen LogP contribution < -0.4 is 10.1 Å². The Labute approximate surface area is 121 Å². The minimum absolute atomic E-state index is 0.0135. The van der Waals surface area contributed by atoms with E-state index < -0.39 is 11.6 Å². The van der Waals surface area contributed by atoms with Gasteiger partial charge in [0, 0.05) is 30.4 Å². The Balaban J connectivity index is 2.13. The second kappa shape index (κ2) is 7.10. The van der Waals surface area contributed by atoms with Crippen LogP contribution in [0.5, 0.6) is 11.6 Å². The van der Waals surface area contributed by atoms with Crippen LogP contribution in [-0.4, -0.2) is 22.7 Å². The second-order valence-electron chi connectivity index (χ2n) is 4.61. The minimum Gasteiger partial charge on any atom is -0.439 e. The smallest absolute Gasteiger partial charge is 0.223 e. The number of nitrogens with one attached hydrogen (secondary N) is 1. The molecular weight excluding hydrogens is 278 g/mol. The molecule has 21 heavy (non-hydrogen) atoms. The standard InChI is InChI=1S/C15H16F2N2O2/c1-10(9-20)19-8-11-3-2-6-18-15(11)21-12-4-5-13(16)14(17)7-12/h2-7,10,19-20H,8-9H2,1H3/t10-/m0/s1. The minimum atomic E-state index is -0.975. The maximum atomic E-state index is 13.2. The number of benzene rings is 1. The molecule has 0 radical (unpaired) electrons. The van der Waals surface area contributed by atoms with E-state index in [1.807, 2.05) is 6.92 Å². The zero-order valence-electron chi connectivity index (χ0n) is 11.5. The van der Waals surface area contributed by atoms with Gasteiger partial charge in [-0.1, -0.05) is 6.07 Å². The van der Waals surface area contributed by atoms with Crippen LogP contribution in [0.1, 0.15) is 12.5 Å². The number of ether oxygens (including phenoxy) is 1. The third kappa shape index (κ3) is 4.21. The molecule has 1 aromatic heterocycles. The van der Waals surface area contributed by atoms with E-state index in [0.717, 1.165) is 17.7 Å². The van der Waals surface area contributed by atoms with E-state index in [2.05, 4.69) is 10.3 Å². The molecule has 0 saturated carbocycles. The molecule has 112 valence electrons. The number of aliphatic hydroxyl groups excluding tert-OH is 1. The zero-order valence-corrected chi connectivity index (χ0v) is 11.5. The lowest BCUT2D eigenvalue weighted by atomic mass is 10.2. The topological polar surface area (TPSA) is 54.4 Å². The van der Waals surface area contributed by atoms with Gasteiger partial charge in [-0.05, 0) is 25.1 Å². The summed E-state index contributed by atoms with van der Waals surface area (Å²) in [6.45, 7) is 2.29. The van der Waals surface area contributed by atoms with Crippen LogP contribution in [0.15, 0.2) is 36.5 Å². The molecule has 0 spiro atoms. The first kappa shape index (κ1) is 15.3. The largest absolute Gasteiger partial charge is 0.439 e. The molecule has 4 nitrogen and oxygen atoms in total. The fraction of sp³-hybridized carbons (Fsp3) is 0.267. The van der Waals surface area contributed by atoms with Gasteiger partial charge in [0.15, 0.2) is 11.6 Å². The normalized spacial score (nSPS) is 12.2. The molecular formula is C15H16F2N2O2. The lowest BCUT2D eigenvalue weighted by molar-refractivity contribution is 0.250. The van der Waals surface area contributed by atoms with Crippen molar-refractivity contribution in [3.63, 3.8) is 0 Å². The molecule has 1 atom stereocenters. The van der Waals surface area contributed by atoms with Crippen molar-refractivity contribution in [1.82, 2.24) is 10.3 Å². The number of nitrogens with zero attached hydrogens (tertiary/aromatic N) is 1. The van der Waals surface area contributed by atoms with Gasteiger partial charge in [-0.2, -0.15) is 0 Å². The van der Waals surface area contributed by atoms with E-state index in [1.54, 1.807) is 18.3 Å². The highest BCUT2D eigenvalue weighted by Crippen LogP contribution is 2.24. The van der Waals surface area contributed by atoms with Crippen molar-refractivity contribution in [2.45, 2.75) is 19.5 Å². The summed E-state index contributed by atoms with van der Waals surface area (Å²) in [6, 6.07) is 6.79. The van der Waals surface area contributed by atoms with Gasteiger partial charge in [-0.3, -0.25) is 0 Å². The summed E-state index contributed by atoms with van der Waals surface area (Å²) >= 11 is 0. The van der Waals surface area contributed by atoms with Gasteiger partial charge in [0.2, 0.25) is 5.88 Å². The van der Waals surface area contributed by atoms with Gasteiger partial charge in [0.25, 0.3) is 0 Å². The zero-order chi connectivity index (χ0) is 15.2. The van der Waals surface area contributed by atoms with E-state index in [9.17, 15) is 8.78 Å². The number of aliphatic hydroxyl groups is 1. The Morgan fingerprint density at radius 3 is 2.81 bits per heavy atom. The van der Waals surface area contributed by atoms with Gasteiger partial charge in [0.1, 0.15) is 5.75 Å². The second-order valence-corrected chi connectivity index (χ2v) is 4.61. The van der Waals surface area contributed by atoms with Gasteiger partial charge >= 0.3 is 0 Å². The van der Waals surface area contributed by atoms with E-state index in [0.29, 0.717) is 12.4 Å². The quantitative estimate of drug-likeness (QED) is 0.860. The van der Waals surface area contributed by atoms with Crippen molar-refractivity contribution >= 4 is 0 Å². The van der Waals surface area contributed by atoms with E-state index in [4.69, 9.17) is 9.84 Å². The third-order valence-electron chi connectivity index (χ3n) is 2.87. The molecule has 1 heterocycles. The van der Waals surface area contributed by atoms with Crippen molar-refractivity contribution in [2.75, 3.05) is 6.61 Å². The van der Waals surface area contributed by atoms with E-state index in [1.165, 1.54) is 6.07 Å². The van der Waals surface area contributed by atoms with Gasteiger partial charge in [-0.15, -0.1) is 0 Å². The van der Waals surface area contributed by atoms with Crippen molar-refractivity contribution in [2.24, 2.45) is 0 Å². The molecule has 0 bridgehead atoms. The first-order chi connectivity index (χ1) is 10.1. The van der Waals surface area contributed by atoms with Gasteiger partial charge < -0.3 is 15.2 Å². The van der Waals surface area contributed by atoms with E-state index >= 15 is 0 Å². The van der Waals surface area contributed by atoms with Crippen LogP contribution in [0.3, 0.4) is 0 Å². The lowest BCUT2D eigenvalue weighted by Crippen LogP contribution is -2.28. The van der Waals surface area contributed by atoms with Crippen LogP contribution >= 0.6 is 0 Å². The molecule has 6 heteroatoms. The molecule has 0 unspecified atom stereocenters. The summed E-state index contributed by atoms with van der Waals surface area (Å²) in [6.07, 6.45) is 1.55. The molecule has 1 aromatic carbocycles. The fourth-order valence-electron chi connectivity index (χ4n) is 1.65. The number of hydrogen-bond donors (Lipinski definition) is 2. The first-order valence-electron chi connectivity index (χ1n) is 6.51. The van der Waals surface area contributed by atoms with Crippen molar-refractivity contribution in [1.29, 1.82) is 0 Å². The Bertz CT molecular complexity index is 608. The fourth-order valence-corrected chi connectivity index (χ4v) is 1.65. The summed E-state index contributed by atoms with van der Waals surface area (Å²) < 4.78 is 31.5. The number of pyridine rings is 1. The van der Waals surface area contributed by atoms with Crippen molar-refractivity contribution in [3.05, 3.63) is 53.7 Å². The predicted octanol–water partition coefficient (Wildman–Crippen LogP) is 2.62. The number of aromatic nitrogens is 1. The van der Waals surface area contributed by atoms with Gasteiger partial charge in [-0.25, -0.2) is 13.8 Å². The molecule has 0 aliphatic carbocycles. The molecule has 2 rings (SSSR count). The van der Waals surface area contributed by atoms with Crippen molar-refractivity contribution < 1.29 is 18.6 Å². The molecule has 0 fully saturated rings. The molecule has 2 aromatic rings. The monoisotopic (exact) mass is 294 g/mol. The third-order valence-corrected chi connectivity index (χ3v) is 2.87. The van der Waals surface area contributed by atoms with Crippen molar-refractivity contribution in [3.8, 4) is 11.6 Å². The highest BCUT2D eigenvalue weighted by molar-refractivity contribution is 5.32. The SMILES string of the molecule is C[C@@H](CO)NCc1cccnc1Oc1ccc(F)c(F)c1. The molecule has 0 aliphatic rings. The molecule has 0 saturated heterocycles. The maximum absolute atomic E-state index is 13.2. The summed E-state index contributed by atoms with van der Waals surface area (Å²) in [5.74, 6) is -1.43. The molecule has 0 aliphatic heterocycles. The van der Waals surface area contributed by atoms with E-state index in [-0.39, 0.29) is 18.4 Å². The average molecular weight is 294 g/mol. The highest BCUT2D eigenvalue weighted by atomic mass is 19.2. The lowest BCUT2D eigenvalue weighted by Gasteiger charge is -2.13. The number of halogens is 2. The van der Waals surface area contributed by atoms with Gasteiger partial charge in [0.05, 0.1) is 6.61 Å². The summed E-state index contributed by atoms with van der Waals surface area (Å²) in [4.78, 5) is 4.09. The average Bonchev–Trinajstić information content (AvgIpc) is 2.49. The molecule has 2 N–H and O–H groups in total. The Kier molecular flexibility index (Phi) is 5.19. The van der Waals surface area contributed by atoms with Crippen LogP contribution in [0.2, 0.25) is 0 Å². The Morgan fingerprint density at radius 1 is 1.29 bits per heavy atom.